The Bertz CT molecular complexity index is 628. The lowest BCUT2D eigenvalue weighted by atomic mass is 10.2. The molecule has 0 aliphatic carbocycles. The van der Waals surface area contributed by atoms with Crippen molar-refractivity contribution in [3.05, 3.63) is 60.2 Å². The quantitative estimate of drug-likeness (QED) is 0.875. The van der Waals surface area contributed by atoms with Crippen molar-refractivity contribution < 1.29 is 22.7 Å². The number of urea groups is 1. The number of rotatable bonds is 5. The van der Waals surface area contributed by atoms with Gasteiger partial charge < -0.3 is 15.4 Å². The molecule has 0 aromatic heterocycles. The van der Waals surface area contributed by atoms with Crippen LogP contribution in [0.4, 0.5) is 23.7 Å². The van der Waals surface area contributed by atoms with Crippen LogP contribution in [0, 0.1) is 0 Å². The third-order valence-electron chi connectivity index (χ3n) is 2.81. The average molecular weight is 324 g/mol. The van der Waals surface area contributed by atoms with Gasteiger partial charge in [0.25, 0.3) is 0 Å². The molecule has 0 fully saturated rings. The number of carbonyl (C=O) groups excluding carboxylic acids is 1. The molecule has 0 radical (unpaired) electrons. The number of hydrogen-bond donors (Lipinski definition) is 2. The SMILES string of the molecule is O=C(NCc1ccc(OCC(F)(F)F)cc1)Nc1ccccc1. The fourth-order valence-corrected chi connectivity index (χ4v) is 1.75. The van der Waals surface area contributed by atoms with Crippen molar-refractivity contribution in [2.45, 2.75) is 12.7 Å². The van der Waals surface area contributed by atoms with Crippen LogP contribution >= 0.6 is 0 Å². The third-order valence-corrected chi connectivity index (χ3v) is 2.81. The van der Waals surface area contributed by atoms with Crippen LogP contribution in [0.3, 0.4) is 0 Å². The zero-order chi connectivity index (χ0) is 16.7. The summed E-state index contributed by atoms with van der Waals surface area (Å²) in [5, 5.41) is 5.31. The Labute approximate surface area is 131 Å². The van der Waals surface area contributed by atoms with Crippen molar-refractivity contribution in [2.75, 3.05) is 11.9 Å². The van der Waals surface area contributed by atoms with Crippen LogP contribution in [-0.4, -0.2) is 18.8 Å². The van der Waals surface area contributed by atoms with Gasteiger partial charge in [0, 0.05) is 12.2 Å². The maximum Gasteiger partial charge on any atom is 0.422 e. The standard InChI is InChI=1S/C16H15F3N2O2/c17-16(18,19)11-23-14-8-6-12(7-9-14)10-20-15(22)21-13-4-2-1-3-5-13/h1-9H,10-11H2,(H2,20,21,22). The van der Waals surface area contributed by atoms with Crippen LogP contribution in [-0.2, 0) is 6.54 Å². The van der Waals surface area contributed by atoms with Crippen molar-refractivity contribution in [1.29, 1.82) is 0 Å². The molecule has 2 aromatic carbocycles. The van der Waals surface area contributed by atoms with E-state index in [0.29, 0.717) is 5.69 Å². The number of alkyl halides is 3. The van der Waals surface area contributed by atoms with E-state index in [1.807, 2.05) is 6.07 Å². The van der Waals surface area contributed by atoms with Crippen molar-refractivity contribution >= 4 is 11.7 Å². The highest BCUT2D eigenvalue weighted by Crippen LogP contribution is 2.18. The van der Waals surface area contributed by atoms with Crippen molar-refractivity contribution in [2.24, 2.45) is 0 Å². The van der Waals surface area contributed by atoms with Gasteiger partial charge in [0.1, 0.15) is 5.75 Å². The predicted octanol–water partition coefficient (Wildman–Crippen LogP) is 3.95. The topological polar surface area (TPSA) is 50.4 Å². The summed E-state index contributed by atoms with van der Waals surface area (Å²) < 4.78 is 40.7. The summed E-state index contributed by atoms with van der Waals surface area (Å²) in [7, 11) is 0. The highest BCUT2D eigenvalue weighted by atomic mass is 19.4. The van der Waals surface area contributed by atoms with Crippen LogP contribution < -0.4 is 15.4 Å². The minimum atomic E-state index is -4.37. The first kappa shape index (κ1) is 16.7. The summed E-state index contributed by atoms with van der Waals surface area (Å²) in [6.45, 7) is -1.08. The molecule has 4 nitrogen and oxygen atoms in total. The highest BCUT2D eigenvalue weighted by Gasteiger charge is 2.28. The van der Waals surface area contributed by atoms with E-state index >= 15 is 0 Å². The van der Waals surface area contributed by atoms with E-state index in [4.69, 9.17) is 0 Å². The van der Waals surface area contributed by atoms with Crippen molar-refractivity contribution in [3.63, 3.8) is 0 Å². The normalized spacial score (nSPS) is 10.9. The average Bonchev–Trinajstić information content (AvgIpc) is 2.52. The number of benzene rings is 2. The van der Waals surface area contributed by atoms with Gasteiger partial charge in [0.05, 0.1) is 0 Å². The smallest absolute Gasteiger partial charge is 0.422 e. The predicted molar refractivity (Wildman–Crippen MR) is 80.3 cm³/mol. The third kappa shape index (κ3) is 6.29. The van der Waals surface area contributed by atoms with Crippen LogP contribution in [0.1, 0.15) is 5.56 Å². The maximum atomic E-state index is 12.0. The molecule has 0 spiro atoms. The number of halogens is 3. The minimum Gasteiger partial charge on any atom is -0.484 e. The molecule has 0 heterocycles. The van der Waals surface area contributed by atoms with E-state index in [2.05, 4.69) is 15.4 Å². The van der Waals surface area contributed by atoms with E-state index in [9.17, 15) is 18.0 Å². The number of anilines is 1. The molecule has 0 atom stereocenters. The fourth-order valence-electron chi connectivity index (χ4n) is 1.75. The van der Waals surface area contributed by atoms with E-state index < -0.39 is 12.8 Å². The number of carbonyl (C=O) groups is 1. The molecule has 2 aromatic rings. The Balaban J connectivity index is 1.78. The zero-order valence-electron chi connectivity index (χ0n) is 12.1. The second-order valence-electron chi connectivity index (χ2n) is 4.72. The Morgan fingerprint density at radius 3 is 2.26 bits per heavy atom. The second-order valence-corrected chi connectivity index (χ2v) is 4.72. The number of para-hydroxylation sites is 1. The van der Waals surface area contributed by atoms with Gasteiger partial charge in [-0.05, 0) is 29.8 Å². The zero-order valence-corrected chi connectivity index (χ0v) is 12.1. The summed E-state index contributed by atoms with van der Waals surface area (Å²) in [6.07, 6.45) is -4.37. The molecule has 0 unspecified atom stereocenters. The molecule has 0 aliphatic heterocycles. The minimum absolute atomic E-state index is 0.125. The lowest BCUT2D eigenvalue weighted by Gasteiger charge is -2.10. The molecule has 0 saturated heterocycles. The molecule has 0 bridgehead atoms. The van der Waals surface area contributed by atoms with Crippen molar-refractivity contribution in [3.8, 4) is 5.75 Å². The summed E-state index contributed by atoms with van der Waals surface area (Å²) in [6, 6.07) is 14.6. The van der Waals surface area contributed by atoms with E-state index in [1.165, 1.54) is 12.1 Å². The van der Waals surface area contributed by atoms with Gasteiger partial charge >= 0.3 is 12.2 Å². The number of ether oxygens (including phenoxy) is 1. The summed E-state index contributed by atoms with van der Waals surface area (Å²) in [4.78, 5) is 11.7. The van der Waals surface area contributed by atoms with E-state index in [1.54, 1.807) is 36.4 Å². The molecular weight excluding hydrogens is 309 g/mol. The van der Waals surface area contributed by atoms with Crippen LogP contribution in [0.5, 0.6) is 5.75 Å². The van der Waals surface area contributed by atoms with E-state index in [-0.39, 0.29) is 18.3 Å². The molecule has 2 amide bonds. The Morgan fingerprint density at radius 1 is 1.00 bits per heavy atom. The Hall–Kier alpha value is -2.70. The van der Waals surface area contributed by atoms with Gasteiger partial charge in [-0.15, -0.1) is 0 Å². The summed E-state index contributed by atoms with van der Waals surface area (Å²) >= 11 is 0. The first-order valence-corrected chi connectivity index (χ1v) is 6.81. The van der Waals surface area contributed by atoms with Crippen LogP contribution in [0.25, 0.3) is 0 Å². The summed E-state index contributed by atoms with van der Waals surface area (Å²) in [5.41, 5.74) is 1.41. The van der Waals surface area contributed by atoms with E-state index in [0.717, 1.165) is 5.56 Å². The van der Waals surface area contributed by atoms with Gasteiger partial charge in [-0.1, -0.05) is 30.3 Å². The van der Waals surface area contributed by atoms with Crippen LogP contribution in [0.15, 0.2) is 54.6 Å². The molecule has 0 aliphatic rings. The first-order chi connectivity index (χ1) is 10.9. The van der Waals surface area contributed by atoms with Gasteiger partial charge in [0.2, 0.25) is 0 Å². The highest BCUT2D eigenvalue weighted by molar-refractivity contribution is 5.89. The van der Waals surface area contributed by atoms with Gasteiger partial charge in [0.15, 0.2) is 6.61 Å². The molecule has 0 saturated carbocycles. The lowest BCUT2D eigenvalue weighted by Crippen LogP contribution is -2.28. The fraction of sp³-hybridized carbons (Fsp3) is 0.188. The molecule has 23 heavy (non-hydrogen) atoms. The first-order valence-electron chi connectivity index (χ1n) is 6.81. The number of nitrogens with one attached hydrogen (secondary N) is 2. The lowest BCUT2D eigenvalue weighted by molar-refractivity contribution is -0.153. The Morgan fingerprint density at radius 2 is 1.65 bits per heavy atom. The largest absolute Gasteiger partial charge is 0.484 e. The molecule has 2 rings (SSSR count). The van der Waals surface area contributed by atoms with Gasteiger partial charge in [-0.2, -0.15) is 13.2 Å². The van der Waals surface area contributed by atoms with Gasteiger partial charge in [-0.25, -0.2) is 4.79 Å². The molecular formula is C16H15F3N2O2. The second kappa shape index (κ2) is 7.53. The Kier molecular flexibility index (Phi) is 5.46. The monoisotopic (exact) mass is 324 g/mol. The van der Waals surface area contributed by atoms with Crippen LogP contribution in [0.2, 0.25) is 0 Å². The molecule has 2 N–H and O–H groups in total. The molecule has 122 valence electrons. The number of amides is 2. The maximum absolute atomic E-state index is 12.0. The van der Waals surface area contributed by atoms with Gasteiger partial charge in [-0.3, -0.25) is 0 Å². The molecule has 7 heteroatoms. The van der Waals surface area contributed by atoms with Crippen molar-refractivity contribution in [1.82, 2.24) is 5.32 Å². The number of hydrogen-bond acceptors (Lipinski definition) is 2. The summed E-state index contributed by atoms with van der Waals surface area (Å²) in [5.74, 6) is 0.125.